The van der Waals surface area contributed by atoms with Crippen molar-refractivity contribution in [2.45, 2.75) is 32.4 Å². The van der Waals surface area contributed by atoms with Crippen molar-refractivity contribution in [2.24, 2.45) is 0 Å². The summed E-state index contributed by atoms with van der Waals surface area (Å²) >= 11 is 5.94. The molecule has 1 unspecified atom stereocenters. The fourth-order valence-corrected chi connectivity index (χ4v) is 3.40. The minimum Gasteiger partial charge on any atom is -0.337 e. The topological polar surface area (TPSA) is 59.2 Å². The molecule has 0 bridgehead atoms. The summed E-state index contributed by atoms with van der Waals surface area (Å²) in [5.74, 6) is 1.15. The number of aryl methyl sites for hydroxylation is 1. The third-order valence-electron chi connectivity index (χ3n) is 4.71. The summed E-state index contributed by atoms with van der Waals surface area (Å²) < 4.78 is 5.52. The second-order valence-corrected chi connectivity index (χ2v) is 6.91. The molecule has 26 heavy (non-hydrogen) atoms. The normalized spacial score (nSPS) is 17.1. The average Bonchev–Trinajstić information content (AvgIpc) is 3.25. The van der Waals surface area contributed by atoms with E-state index in [-0.39, 0.29) is 11.9 Å². The molecule has 1 aliphatic heterocycles. The van der Waals surface area contributed by atoms with Crippen LogP contribution in [0.2, 0.25) is 5.02 Å². The Kier molecular flexibility index (Phi) is 4.47. The van der Waals surface area contributed by atoms with Gasteiger partial charge in [-0.3, -0.25) is 4.79 Å². The first-order valence-corrected chi connectivity index (χ1v) is 8.93. The number of aromatic nitrogens is 2. The van der Waals surface area contributed by atoms with Gasteiger partial charge in [-0.05, 0) is 36.6 Å². The number of carbonyl (C=O) groups excluding carboxylic acids is 1. The molecule has 0 aliphatic carbocycles. The second kappa shape index (κ2) is 6.92. The van der Waals surface area contributed by atoms with E-state index >= 15 is 0 Å². The molecule has 1 fully saturated rings. The fraction of sp³-hybridized carbons (Fsp3) is 0.250. The highest BCUT2D eigenvalue weighted by Gasteiger charge is 2.36. The molecule has 1 aliphatic rings. The molecule has 132 valence electrons. The highest BCUT2D eigenvalue weighted by Crippen LogP contribution is 2.34. The number of amides is 1. The Morgan fingerprint density at radius 3 is 2.73 bits per heavy atom. The molecule has 1 amide bonds. The Morgan fingerprint density at radius 2 is 1.96 bits per heavy atom. The van der Waals surface area contributed by atoms with E-state index in [1.807, 2.05) is 55.5 Å². The number of nitrogens with zero attached hydrogens (tertiary/aromatic N) is 3. The number of carbonyl (C=O) groups is 1. The van der Waals surface area contributed by atoms with Crippen LogP contribution < -0.4 is 0 Å². The fourth-order valence-electron chi connectivity index (χ4n) is 3.28. The molecular formula is C20H18ClN3O2. The average molecular weight is 368 g/mol. The number of halogens is 1. The number of benzene rings is 2. The summed E-state index contributed by atoms with van der Waals surface area (Å²) in [6.45, 7) is 2.51. The second-order valence-electron chi connectivity index (χ2n) is 6.47. The Bertz CT molecular complexity index is 936. The maximum atomic E-state index is 12.4. The molecule has 0 radical (unpaired) electrons. The van der Waals surface area contributed by atoms with Gasteiger partial charge in [0, 0.05) is 23.6 Å². The van der Waals surface area contributed by atoms with Gasteiger partial charge in [-0.25, -0.2) is 0 Å². The van der Waals surface area contributed by atoms with E-state index in [1.54, 1.807) is 4.90 Å². The smallest absolute Gasteiger partial charge is 0.249 e. The molecule has 6 heteroatoms. The van der Waals surface area contributed by atoms with Crippen molar-refractivity contribution in [1.82, 2.24) is 15.0 Å². The quantitative estimate of drug-likeness (QED) is 0.678. The molecule has 0 saturated carbocycles. The molecule has 1 atom stereocenters. The first-order valence-electron chi connectivity index (χ1n) is 8.55. The predicted octanol–water partition coefficient (Wildman–Crippen LogP) is 4.56. The van der Waals surface area contributed by atoms with Crippen LogP contribution in [0.5, 0.6) is 0 Å². The lowest BCUT2D eigenvalue weighted by Gasteiger charge is -2.22. The molecule has 2 heterocycles. The van der Waals surface area contributed by atoms with Gasteiger partial charge < -0.3 is 9.42 Å². The molecule has 4 rings (SSSR count). The van der Waals surface area contributed by atoms with Crippen molar-refractivity contribution in [3.05, 3.63) is 70.6 Å². The van der Waals surface area contributed by atoms with Crippen molar-refractivity contribution in [3.8, 4) is 11.4 Å². The molecule has 0 spiro atoms. The summed E-state index contributed by atoms with van der Waals surface area (Å²) in [5, 5.41) is 4.81. The monoisotopic (exact) mass is 367 g/mol. The van der Waals surface area contributed by atoms with E-state index in [9.17, 15) is 4.79 Å². The predicted molar refractivity (Wildman–Crippen MR) is 98.4 cm³/mol. The van der Waals surface area contributed by atoms with Crippen molar-refractivity contribution in [3.63, 3.8) is 0 Å². The van der Waals surface area contributed by atoms with Gasteiger partial charge in [-0.1, -0.05) is 53.2 Å². The maximum absolute atomic E-state index is 12.4. The Morgan fingerprint density at radius 1 is 1.19 bits per heavy atom. The van der Waals surface area contributed by atoms with Crippen LogP contribution in [-0.2, 0) is 11.3 Å². The summed E-state index contributed by atoms with van der Waals surface area (Å²) in [5.41, 5.74) is 3.05. The highest BCUT2D eigenvalue weighted by atomic mass is 35.5. The lowest BCUT2D eigenvalue weighted by atomic mass is 10.1. The zero-order valence-electron chi connectivity index (χ0n) is 14.4. The first kappa shape index (κ1) is 16.8. The van der Waals surface area contributed by atoms with Crippen LogP contribution in [0, 0.1) is 6.92 Å². The minimum absolute atomic E-state index is 0.0978. The van der Waals surface area contributed by atoms with Gasteiger partial charge in [-0.2, -0.15) is 4.98 Å². The van der Waals surface area contributed by atoms with Gasteiger partial charge in [0.05, 0.1) is 0 Å². The summed E-state index contributed by atoms with van der Waals surface area (Å²) in [7, 11) is 0. The van der Waals surface area contributed by atoms with Gasteiger partial charge in [0.1, 0.15) is 6.04 Å². The lowest BCUT2D eigenvalue weighted by molar-refractivity contribution is -0.129. The van der Waals surface area contributed by atoms with Crippen LogP contribution in [0.25, 0.3) is 11.4 Å². The highest BCUT2D eigenvalue weighted by molar-refractivity contribution is 6.30. The molecule has 1 saturated heterocycles. The van der Waals surface area contributed by atoms with Crippen molar-refractivity contribution < 1.29 is 9.32 Å². The third-order valence-corrected chi connectivity index (χ3v) is 4.96. The molecular weight excluding hydrogens is 350 g/mol. The van der Waals surface area contributed by atoms with Crippen molar-refractivity contribution in [2.75, 3.05) is 0 Å². The molecule has 5 nitrogen and oxygen atoms in total. The molecule has 1 aromatic heterocycles. The summed E-state index contributed by atoms with van der Waals surface area (Å²) in [4.78, 5) is 18.7. The van der Waals surface area contributed by atoms with Crippen LogP contribution in [0.15, 0.2) is 53.1 Å². The number of likely N-dealkylation sites (tertiary alicyclic amines) is 1. The largest absolute Gasteiger partial charge is 0.337 e. The molecule has 0 N–H and O–H groups in total. The summed E-state index contributed by atoms with van der Waals surface area (Å²) in [6, 6.07) is 15.2. The van der Waals surface area contributed by atoms with Crippen LogP contribution in [0.4, 0.5) is 0 Å². The van der Waals surface area contributed by atoms with Gasteiger partial charge in [0.2, 0.25) is 17.6 Å². The van der Waals surface area contributed by atoms with E-state index in [0.717, 1.165) is 16.7 Å². The van der Waals surface area contributed by atoms with Crippen LogP contribution >= 0.6 is 11.6 Å². The van der Waals surface area contributed by atoms with E-state index in [1.165, 1.54) is 0 Å². The van der Waals surface area contributed by atoms with E-state index in [2.05, 4.69) is 10.1 Å². The van der Waals surface area contributed by atoms with Gasteiger partial charge in [0.15, 0.2) is 0 Å². The Labute approximate surface area is 156 Å². The zero-order chi connectivity index (χ0) is 18.1. The van der Waals surface area contributed by atoms with Crippen LogP contribution in [0.1, 0.15) is 35.9 Å². The minimum atomic E-state index is -0.191. The molecule has 3 aromatic rings. The zero-order valence-corrected chi connectivity index (χ0v) is 15.1. The maximum Gasteiger partial charge on any atom is 0.249 e. The van der Waals surface area contributed by atoms with Gasteiger partial charge in [-0.15, -0.1) is 0 Å². The summed E-state index contributed by atoms with van der Waals surface area (Å²) in [6.07, 6.45) is 1.17. The third kappa shape index (κ3) is 3.22. The Hall–Kier alpha value is -2.66. The van der Waals surface area contributed by atoms with E-state index in [4.69, 9.17) is 16.1 Å². The standard InChI is InChI=1S/C20H18ClN3O2/c1-13-4-2-3-5-16(13)19-22-20(26-23-19)17-10-11-18(25)24(17)12-14-6-8-15(21)9-7-14/h2-9,17H,10-12H2,1H3. The number of rotatable bonds is 4. The SMILES string of the molecule is Cc1ccccc1-c1noc(C2CCC(=O)N2Cc2ccc(Cl)cc2)n1. The first-order chi connectivity index (χ1) is 12.6. The molecule has 2 aromatic carbocycles. The Balaban J connectivity index is 1.59. The van der Waals surface area contributed by atoms with E-state index in [0.29, 0.717) is 36.1 Å². The number of hydrogen-bond donors (Lipinski definition) is 0. The van der Waals surface area contributed by atoms with Crippen LogP contribution in [0.3, 0.4) is 0 Å². The van der Waals surface area contributed by atoms with Gasteiger partial charge >= 0.3 is 0 Å². The van der Waals surface area contributed by atoms with Crippen molar-refractivity contribution in [1.29, 1.82) is 0 Å². The number of hydrogen-bond acceptors (Lipinski definition) is 4. The van der Waals surface area contributed by atoms with Crippen LogP contribution in [-0.4, -0.2) is 20.9 Å². The van der Waals surface area contributed by atoms with E-state index < -0.39 is 0 Å². The van der Waals surface area contributed by atoms with Crippen molar-refractivity contribution >= 4 is 17.5 Å². The lowest BCUT2D eigenvalue weighted by Crippen LogP contribution is -2.27. The van der Waals surface area contributed by atoms with Gasteiger partial charge in [0.25, 0.3) is 0 Å².